The highest BCUT2D eigenvalue weighted by atomic mass is 35.5. The van der Waals surface area contributed by atoms with Gasteiger partial charge in [0.25, 0.3) is 0 Å². The maximum atomic E-state index is 10.2. The third kappa shape index (κ3) is 1.16. The van der Waals surface area contributed by atoms with Crippen LogP contribution in [0.25, 0.3) is 0 Å². The van der Waals surface area contributed by atoms with Crippen molar-refractivity contribution in [3.05, 3.63) is 10.1 Å². The first-order chi connectivity index (χ1) is 9.11. The molecular weight excluding hydrogens is 389 g/mol. The van der Waals surface area contributed by atoms with Crippen LogP contribution in [0.2, 0.25) is 0 Å². The molecule has 0 aliphatic heterocycles. The zero-order chi connectivity index (χ0) is 14.8. The Kier molecular flexibility index (Phi) is 2.91. The number of rotatable bonds is 0. The van der Waals surface area contributed by atoms with Gasteiger partial charge in [-0.05, 0) is 30.1 Å². The first-order valence-corrected chi connectivity index (χ1v) is 8.56. The van der Waals surface area contributed by atoms with E-state index < -0.39 is 26.3 Å². The van der Waals surface area contributed by atoms with Crippen molar-refractivity contribution in [3.63, 3.8) is 0 Å². The molecule has 2 N–H and O–H groups in total. The lowest BCUT2D eigenvalue weighted by Crippen LogP contribution is -2.50. The fourth-order valence-electron chi connectivity index (χ4n) is 5.01. The Labute approximate surface area is 145 Å². The van der Waals surface area contributed by atoms with Gasteiger partial charge in [0.2, 0.25) is 0 Å². The highest BCUT2D eigenvalue weighted by Crippen LogP contribution is 2.82. The number of aliphatic hydroxyl groups excluding tert-OH is 2. The van der Waals surface area contributed by atoms with Gasteiger partial charge in [0, 0.05) is 0 Å². The first kappa shape index (κ1) is 15.0. The molecule has 20 heavy (non-hydrogen) atoms. The van der Waals surface area contributed by atoms with E-state index in [9.17, 15) is 10.2 Å². The summed E-state index contributed by atoms with van der Waals surface area (Å²) in [6, 6.07) is 0. The normalized spacial score (nSPS) is 62.4. The molecule has 0 saturated heterocycles. The number of hydrogen-bond donors (Lipinski definition) is 2. The summed E-state index contributed by atoms with van der Waals surface area (Å²) in [5, 5.41) is 20.6. The van der Waals surface area contributed by atoms with Crippen molar-refractivity contribution in [1.29, 1.82) is 0 Å². The van der Waals surface area contributed by atoms with Gasteiger partial charge in [-0.15, -0.1) is 23.2 Å². The maximum Gasteiger partial charge on any atom is 0.166 e. The van der Waals surface area contributed by atoms with Crippen LogP contribution in [0.5, 0.6) is 0 Å². The smallest absolute Gasteiger partial charge is 0.166 e. The Morgan fingerprint density at radius 3 is 1.50 bits per heavy atom. The minimum Gasteiger partial charge on any atom is -0.390 e. The van der Waals surface area contributed by atoms with E-state index >= 15 is 0 Å². The summed E-state index contributed by atoms with van der Waals surface area (Å²) in [4.78, 5) is -2.64. The Hall–Kier alpha value is 1.40. The van der Waals surface area contributed by atoms with Crippen molar-refractivity contribution < 1.29 is 10.2 Å². The summed E-state index contributed by atoms with van der Waals surface area (Å²) in [6.07, 6.45) is -1.09. The minimum absolute atomic E-state index is 0.163. The van der Waals surface area contributed by atoms with Gasteiger partial charge >= 0.3 is 0 Å². The number of allylic oxidation sites excluding steroid dienone is 2. The molecule has 0 aromatic carbocycles. The highest BCUT2D eigenvalue weighted by Gasteiger charge is 2.87. The lowest BCUT2D eigenvalue weighted by molar-refractivity contribution is -0.0559. The zero-order valence-electron chi connectivity index (χ0n) is 9.83. The molecule has 8 heteroatoms. The van der Waals surface area contributed by atoms with Gasteiger partial charge in [0.05, 0.1) is 22.3 Å². The van der Waals surface area contributed by atoms with E-state index in [1.807, 2.05) is 0 Å². The van der Waals surface area contributed by atoms with Crippen molar-refractivity contribution >= 4 is 69.6 Å². The van der Waals surface area contributed by atoms with Gasteiger partial charge in [-0.25, -0.2) is 0 Å². The summed E-state index contributed by atoms with van der Waals surface area (Å²) >= 11 is 39.0. The molecule has 4 aliphatic carbocycles. The van der Waals surface area contributed by atoms with E-state index in [0.717, 1.165) is 0 Å². The number of alkyl halides is 4. The molecule has 0 heterocycles. The molecule has 0 amide bonds. The molecule has 4 rings (SSSR count). The SMILES string of the molecule is OC1C(O)C2CC1C1C2[C@@]2(Cl)C(Cl)=C(Cl)[C@]1(Cl)C2(Cl)Cl. The standard InChI is InChI=1S/C12H10Cl6O2/c13-8-9(14)11(16)5-3-1-2(6(19)7(3)20)4(5)10(8,15)12(11,17)18/h2-7,19-20H,1H2/t2?,3?,4?,5?,6?,7?,10-,11+. The van der Waals surface area contributed by atoms with Crippen molar-refractivity contribution in [3.8, 4) is 0 Å². The van der Waals surface area contributed by atoms with E-state index in [2.05, 4.69) is 0 Å². The highest BCUT2D eigenvalue weighted by molar-refractivity contribution is 6.65. The Morgan fingerprint density at radius 1 is 0.800 bits per heavy atom. The Balaban J connectivity index is 1.98. The molecule has 4 bridgehead atoms. The summed E-state index contributed by atoms with van der Waals surface area (Å²) in [6.45, 7) is 0. The van der Waals surface area contributed by atoms with E-state index in [-0.39, 0.29) is 33.7 Å². The van der Waals surface area contributed by atoms with E-state index in [1.165, 1.54) is 0 Å². The van der Waals surface area contributed by atoms with Crippen LogP contribution in [0.4, 0.5) is 0 Å². The van der Waals surface area contributed by atoms with E-state index in [0.29, 0.717) is 6.42 Å². The molecule has 112 valence electrons. The van der Waals surface area contributed by atoms with Crippen LogP contribution < -0.4 is 0 Å². The monoisotopic (exact) mass is 396 g/mol. The van der Waals surface area contributed by atoms with Gasteiger partial charge < -0.3 is 10.2 Å². The second-order valence-electron chi connectivity index (χ2n) is 6.22. The van der Waals surface area contributed by atoms with Crippen LogP contribution in [-0.4, -0.2) is 36.5 Å². The summed E-state index contributed by atoms with van der Waals surface area (Å²) < 4.78 is -1.58. The Bertz CT molecular complexity index is 506. The van der Waals surface area contributed by atoms with Crippen LogP contribution >= 0.6 is 69.6 Å². The molecule has 0 aromatic heterocycles. The summed E-state index contributed by atoms with van der Waals surface area (Å²) in [7, 11) is 0. The van der Waals surface area contributed by atoms with Crippen LogP contribution in [0.15, 0.2) is 10.1 Å². The molecule has 0 aromatic rings. The largest absolute Gasteiger partial charge is 0.390 e. The average Bonchev–Trinajstić information content (AvgIpc) is 2.97. The minimum atomic E-state index is -1.58. The molecule has 3 fully saturated rings. The predicted molar refractivity (Wildman–Crippen MR) is 80.9 cm³/mol. The fourth-order valence-corrected chi connectivity index (χ4v) is 8.14. The lowest BCUT2D eigenvalue weighted by atomic mass is 9.70. The molecule has 6 unspecified atom stereocenters. The number of halogens is 6. The van der Waals surface area contributed by atoms with Gasteiger partial charge in [-0.2, -0.15) is 0 Å². The van der Waals surface area contributed by atoms with Crippen LogP contribution in [0, 0.1) is 23.7 Å². The van der Waals surface area contributed by atoms with Crippen LogP contribution in [0.1, 0.15) is 6.42 Å². The molecule has 2 nitrogen and oxygen atoms in total. The lowest BCUT2D eigenvalue weighted by Gasteiger charge is -2.42. The quantitative estimate of drug-likeness (QED) is 0.484. The number of aliphatic hydroxyl groups is 2. The van der Waals surface area contributed by atoms with Gasteiger partial charge in [-0.1, -0.05) is 46.4 Å². The molecular formula is C12H10Cl6O2. The van der Waals surface area contributed by atoms with Crippen molar-refractivity contribution in [1.82, 2.24) is 0 Å². The van der Waals surface area contributed by atoms with Crippen molar-refractivity contribution in [2.45, 2.75) is 32.7 Å². The second-order valence-corrected chi connectivity index (χ2v) is 9.50. The number of hydrogen-bond acceptors (Lipinski definition) is 2. The molecule has 0 radical (unpaired) electrons. The van der Waals surface area contributed by atoms with Crippen LogP contribution in [-0.2, 0) is 0 Å². The van der Waals surface area contributed by atoms with Crippen molar-refractivity contribution in [2.75, 3.05) is 0 Å². The fraction of sp³-hybridized carbons (Fsp3) is 0.833. The summed E-state index contributed by atoms with van der Waals surface area (Å²) in [5.41, 5.74) is 0. The third-order valence-corrected chi connectivity index (χ3v) is 10.0. The van der Waals surface area contributed by atoms with Gasteiger partial charge in [0.1, 0.15) is 9.75 Å². The number of fused-ring (bicyclic) bond motifs is 9. The first-order valence-electron chi connectivity index (χ1n) is 6.29. The van der Waals surface area contributed by atoms with Crippen LogP contribution in [0.3, 0.4) is 0 Å². The second kappa shape index (κ2) is 3.89. The van der Waals surface area contributed by atoms with E-state index in [1.54, 1.807) is 0 Å². The van der Waals surface area contributed by atoms with Gasteiger partial charge in [0.15, 0.2) is 4.33 Å². The Morgan fingerprint density at radius 2 is 1.15 bits per heavy atom. The maximum absolute atomic E-state index is 10.2. The van der Waals surface area contributed by atoms with Gasteiger partial charge in [-0.3, -0.25) is 0 Å². The average molecular weight is 399 g/mol. The third-order valence-electron chi connectivity index (χ3n) is 5.75. The molecule has 4 aliphatic rings. The van der Waals surface area contributed by atoms with E-state index in [4.69, 9.17) is 69.6 Å². The predicted octanol–water partition coefficient (Wildman–Crippen LogP) is 3.44. The molecule has 0 spiro atoms. The molecule has 3 saturated carbocycles. The topological polar surface area (TPSA) is 40.5 Å². The summed E-state index contributed by atoms with van der Waals surface area (Å²) in [5.74, 6) is -1.05. The zero-order valence-corrected chi connectivity index (χ0v) is 14.4. The molecule has 8 atom stereocenters. The van der Waals surface area contributed by atoms with Crippen molar-refractivity contribution in [2.24, 2.45) is 23.7 Å².